The Morgan fingerprint density at radius 2 is 1.89 bits per heavy atom. The number of sulfone groups is 1. The fraction of sp³-hybridized carbons (Fsp3) is 0.526. The van der Waals surface area contributed by atoms with Crippen molar-refractivity contribution in [3.05, 3.63) is 22.7 Å². The molecule has 1 saturated heterocycles. The van der Waals surface area contributed by atoms with Crippen molar-refractivity contribution in [2.75, 3.05) is 19.5 Å². The molecule has 0 spiro atoms. The molecule has 1 heterocycles. The minimum atomic E-state index is -3.69. The van der Waals surface area contributed by atoms with Gasteiger partial charge in [-0.05, 0) is 31.4 Å². The Morgan fingerprint density at radius 1 is 1.21 bits per heavy atom. The van der Waals surface area contributed by atoms with Crippen molar-refractivity contribution < 1.29 is 32.3 Å². The molecule has 7 nitrogen and oxygen atoms in total. The van der Waals surface area contributed by atoms with Crippen LogP contribution in [0.2, 0.25) is 5.02 Å². The first-order chi connectivity index (χ1) is 13.2. The smallest absolute Gasteiger partial charge is 0.182 e. The number of rotatable bonds is 6. The van der Waals surface area contributed by atoms with E-state index in [1.54, 1.807) is 0 Å². The molecule has 1 aromatic carbocycles. The molecule has 3 rings (SSSR count). The molecule has 0 radical (unpaired) electrons. The van der Waals surface area contributed by atoms with Gasteiger partial charge in [0.25, 0.3) is 0 Å². The highest BCUT2D eigenvalue weighted by Gasteiger charge is 2.38. The van der Waals surface area contributed by atoms with Crippen molar-refractivity contribution in [2.45, 2.75) is 43.1 Å². The number of ketones is 3. The Balaban J connectivity index is 1.98. The molecule has 1 aliphatic heterocycles. The Morgan fingerprint density at radius 3 is 2.46 bits per heavy atom. The van der Waals surface area contributed by atoms with E-state index in [0.717, 1.165) is 19.1 Å². The van der Waals surface area contributed by atoms with E-state index in [9.17, 15) is 22.8 Å². The summed E-state index contributed by atoms with van der Waals surface area (Å²) in [6.45, 7) is 0.687. The molecule has 1 aliphatic carbocycles. The predicted molar refractivity (Wildman–Crippen MR) is 101 cm³/mol. The molecule has 1 atom stereocenters. The zero-order chi connectivity index (χ0) is 20.5. The summed E-state index contributed by atoms with van der Waals surface area (Å²) in [5.41, 5.74) is -0.0926. The van der Waals surface area contributed by atoms with Gasteiger partial charge in [-0.3, -0.25) is 14.4 Å². The average Bonchev–Trinajstić information content (AvgIpc) is 3.12. The molecule has 1 aromatic rings. The van der Waals surface area contributed by atoms with Crippen LogP contribution in [0.5, 0.6) is 5.75 Å². The van der Waals surface area contributed by atoms with Crippen molar-refractivity contribution in [3.8, 4) is 5.75 Å². The minimum absolute atomic E-state index is 0.0845. The highest BCUT2D eigenvalue weighted by atomic mass is 35.5. The van der Waals surface area contributed by atoms with E-state index in [0.29, 0.717) is 13.0 Å². The largest absolute Gasteiger partial charge is 0.488 e. The zero-order valence-electron chi connectivity index (χ0n) is 15.4. The lowest BCUT2D eigenvalue weighted by atomic mass is 9.81. The number of hydrogen-bond donors (Lipinski definition) is 0. The van der Waals surface area contributed by atoms with Crippen molar-refractivity contribution in [3.63, 3.8) is 0 Å². The van der Waals surface area contributed by atoms with Gasteiger partial charge >= 0.3 is 0 Å². The third kappa shape index (κ3) is 4.29. The third-order valence-electron chi connectivity index (χ3n) is 4.92. The number of Topliss-reactive ketones (excluding diaryl/α,β-unsaturated/α-hetero) is 3. The van der Waals surface area contributed by atoms with E-state index in [1.165, 1.54) is 12.1 Å². The Labute approximate surface area is 168 Å². The van der Waals surface area contributed by atoms with Gasteiger partial charge in [-0.2, -0.15) is 0 Å². The second kappa shape index (κ2) is 8.31. The maximum atomic E-state index is 12.9. The summed E-state index contributed by atoms with van der Waals surface area (Å²) in [7, 11) is -3.69. The molecule has 0 bridgehead atoms. The van der Waals surface area contributed by atoms with Crippen molar-refractivity contribution in [1.82, 2.24) is 0 Å². The highest BCUT2D eigenvalue weighted by Crippen LogP contribution is 2.37. The minimum Gasteiger partial charge on any atom is -0.488 e. The summed E-state index contributed by atoms with van der Waals surface area (Å²) in [4.78, 5) is 36.9. The van der Waals surface area contributed by atoms with E-state index in [2.05, 4.69) is 0 Å². The van der Waals surface area contributed by atoms with Gasteiger partial charge in [0.05, 0.1) is 11.1 Å². The molecule has 1 unspecified atom stereocenters. The number of carbonyl (C=O) groups is 3. The van der Waals surface area contributed by atoms with Crippen LogP contribution in [0.25, 0.3) is 0 Å². The van der Waals surface area contributed by atoms with Gasteiger partial charge in [-0.1, -0.05) is 11.6 Å². The van der Waals surface area contributed by atoms with Gasteiger partial charge in [0, 0.05) is 31.3 Å². The van der Waals surface area contributed by atoms with Crippen LogP contribution in [0.15, 0.2) is 17.0 Å². The Kier molecular flexibility index (Phi) is 6.21. The van der Waals surface area contributed by atoms with Gasteiger partial charge < -0.3 is 9.47 Å². The van der Waals surface area contributed by atoms with E-state index in [-0.39, 0.29) is 46.8 Å². The van der Waals surface area contributed by atoms with Crippen LogP contribution in [0.3, 0.4) is 0 Å². The van der Waals surface area contributed by atoms with Crippen LogP contribution < -0.4 is 4.74 Å². The third-order valence-corrected chi connectivity index (χ3v) is 6.41. The second-order valence-electron chi connectivity index (χ2n) is 7.06. The van der Waals surface area contributed by atoms with Crippen LogP contribution in [0.1, 0.15) is 42.5 Å². The van der Waals surface area contributed by atoms with Gasteiger partial charge in [-0.15, -0.1) is 0 Å². The van der Waals surface area contributed by atoms with Crippen molar-refractivity contribution in [2.24, 2.45) is 5.92 Å². The zero-order valence-corrected chi connectivity index (χ0v) is 17.0. The van der Waals surface area contributed by atoms with Crippen LogP contribution in [0, 0.1) is 5.92 Å². The van der Waals surface area contributed by atoms with E-state index in [4.69, 9.17) is 21.1 Å². The van der Waals surface area contributed by atoms with Crippen LogP contribution in [0.4, 0.5) is 0 Å². The van der Waals surface area contributed by atoms with Gasteiger partial charge in [-0.25, -0.2) is 8.42 Å². The number of halogens is 1. The van der Waals surface area contributed by atoms with E-state index >= 15 is 0 Å². The van der Waals surface area contributed by atoms with Gasteiger partial charge in [0.1, 0.15) is 17.4 Å². The number of hydrogen-bond acceptors (Lipinski definition) is 7. The lowest BCUT2D eigenvalue weighted by Gasteiger charge is -2.20. The highest BCUT2D eigenvalue weighted by molar-refractivity contribution is 7.90. The first-order valence-corrected chi connectivity index (χ1v) is 11.3. The molecular weight excluding hydrogens is 408 g/mol. The van der Waals surface area contributed by atoms with Crippen LogP contribution in [-0.2, 0) is 24.2 Å². The molecule has 152 valence electrons. The summed E-state index contributed by atoms with van der Waals surface area (Å²) >= 11 is 6.34. The molecule has 0 N–H and O–H groups in total. The molecule has 0 amide bonds. The van der Waals surface area contributed by atoms with Crippen molar-refractivity contribution in [1.29, 1.82) is 0 Å². The predicted octanol–water partition coefficient (Wildman–Crippen LogP) is 2.42. The monoisotopic (exact) mass is 428 g/mol. The first-order valence-electron chi connectivity index (χ1n) is 9.06. The summed E-state index contributed by atoms with van der Waals surface area (Å²) in [5.74, 6) is -3.14. The summed E-state index contributed by atoms with van der Waals surface area (Å²) in [5, 5.41) is -0.211. The molecular formula is C19H21ClO7S. The van der Waals surface area contributed by atoms with E-state index in [1.807, 2.05) is 0 Å². The molecule has 28 heavy (non-hydrogen) atoms. The lowest BCUT2D eigenvalue weighted by molar-refractivity contribution is -0.133. The Hall–Kier alpha value is -1.77. The van der Waals surface area contributed by atoms with Crippen LogP contribution in [-0.4, -0.2) is 51.3 Å². The maximum Gasteiger partial charge on any atom is 0.182 e. The normalized spacial score (nSPS) is 21.1. The molecule has 9 heteroatoms. The van der Waals surface area contributed by atoms with Gasteiger partial charge in [0.15, 0.2) is 32.9 Å². The molecule has 2 aliphatic rings. The summed E-state index contributed by atoms with van der Waals surface area (Å²) < 4.78 is 35.4. The fourth-order valence-electron chi connectivity index (χ4n) is 3.46. The first kappa shape index (κ1) is 21.0. The van der Waals surface area contributed by atoms with Crippen LogP contribution >= 0.6 is 11.6 Å². The lowest BCUT2D eigenvalue weighted by Crippen LogP contribution is -2.35. The molecule has 2 fully saturated rings. The molecule has 1 saturated carbocycles. The number of benzene rings is 1. The number of ether oxygens (including phenoxy) is 2. The summed E-state index contributed by atoms with van der Waals surface area (Å²) in [6, 6.07) is 2.45. The standard InChI is InChI=1S/C19H21ClO7S/c1-28(24,25)15-8-7-12(18(23)16-13(21)5-2-6-14(16)22)17(20)19(15)27-10-11-4-3-9-26-11/h7-8,11,16H,2-6,9-10H2,1H3. The summed E-state index contributed by atoms with van der Waals surface area (Å²) in [6.07, 6.45) is 3.21. The van der Waals surface area contributed by atoms with Crippen molar-refractivity contribution >= 4 is 38.8 Å². The quantitative estimate of drug-likeness (QED) is 0.506. The van der Waals surface area contributed by atoms with E-state index < -0.39 is 33.1 Å². The van der Waals surface area contributed by atoms with Gasteiger partial charge in [0.2, 0.25) is 0 Å². The maximum absolute atomic E-state index is 12.9. The second-order valence-corrected chi connectivity index (χ2v) is 9.42. The number of carbonyl (C=O) groups excluding carboxylic acids is 3. The molecule has 0 aromatic heterocycles. The topological polar surface area (TPSA) is 104 Å². The average molecular weight is 429 g/mol. The Bertz CT molecular complexity index is 900. The fourth-order valence-corrected chi connectivity index (χ4v) is 4.64. The SMILES string of the molecule is CS(=O)(=O)c1ccc(C(=O)C2C(=O)CCCC2=O)c(Cl)c1OCC1CCCO1.